The Balaban J connectivity index is 1.74. The van der Waals surface area contributed by atoms with E-state index in [2.05, 4.69) is 59.2 Å². The highest BCUT2D eigenvalue weighted by Gasteiger charge is 2.18. The van der Waals surface area contributed by atoms with Gasteiger partial charge in [0, 0.05) is 31.3 Å². The van der Waals surface area contributed by atoms with Crippen LogP contribution in [0.15, 0.2) is 30.5 Å². The average molecular weight is 287 g/mol. The molecule has 0 saturated carbocycles. The number of ether oxygens (including phenoxy) is 1. The molecule has 4 heteroatoms. The zero-order valence-corrected chi connectivity index (χ0v) is 13.0. The zero-order chi connectivity index (χ0) is 14.7. The molecule has 2 aromatic rings. The molecule has 1 atom stereocenters. The SMILES string of the molecule is CCNCc1ccc2c(ccn2CC2CN(C)CCO2)c1. The molecule has 0 bridgehead atoms. The van der Waals surface area contributed by atoms with Crippen molar-refractivity contribution < 1.29 is 4.74 Å². The molecule has 3 rings (SSSR count). The number of likely N-dealkylation sites (N-methyl/N-ethyl adjacent to an activating group) is 1. The van der Waals surface area contributed by atoms with Gasteiger partial charge in [-0.1, -0.05) is 13.0 Å². The highest BCUT2D eigenvalue weighted by atomic mass is 16.5. The number of morpholine rings is 1. The third kappa shape index (κ3) is 3.46. The van der Waals surface area contributed by atoms with Crippen LogP contribution in [0.1, 0.15) is 12.5 Å². The summed E-state index contributed by atoms with van der Waals surface area (Å²) in [5.41, 5.74) is 2.64. The van der Waals surface area contributed by atoms with Gasteiger partial charge in [-0.15, -0.1) is 0 Å². The van der Waals surface area contributed by atoms with Gasteiger partial charge in [0.05, 0.1) is 19.3 Å². The van der Waals surface area contributed by atoms with Crippen LogP contribution < -0.4 is 5.32 Å². The monoisotopic (exact) mass is 287 g/mol. The van der Waals surface area contributed by atoms with Crippen LogP contribution in [-0.2, 0) is 17.8 Å². The minimum absolute atomic E-state index is 0.292. The Bertz CT molecular complexity index is 593. The van der Waals surface area contributed by atoms with E-state index in [0.29, 0.717) is 6.10 Å². The Morgan fingerprint density at radius 3 is 3.05 bits per heavy atom. The van der Waals surface area contributed by atoms with E-state index in [-0.39, 0.29) is 0 Å². The Labute approximate surface area is 126 Å². The van der Waals surface area contributed by atoms with Gasteiger partial charge in [-0.3, -0.25) is 0 Å². The molecule has 114 valence electrons. The molecule has 1 aromatic carbocycles. The minimum atomic E-state index is 0.292. The van der Waals surface area contributed by atoms with Crippen molar-refractivity contribution in [2.45, 2.75) is 26.1 Å². The van der Waals surface area contributed by atoms with E-state index in [1.807, 2.05) is 0 Å². The van der Waals surface area contributed by atoms with E-state index in [4.69, 9.17) is 4.74 Å². The number of nitrogens with zero attached hydrogens (tertiary/aromatic N) is 2. The number of hydrogen-bond acceptors (Lipinski definition) is 3. The lowest BCUT2D eigenvalue weighted by atomic mass is 10.1. The van der Waals surface area contributed by atoms with Crippen molar-refractivity contribution in [1.29, 1.82) is 0 Å². The maximum Gasteiger partial charge on any atom is 0.0881 e. The van der Waals surface area contributed by atoms with Crippen LogP contribution in [0.2, 0.25) is 0 Å². The van der Waals surface area contributed by atoms with Crippen molar-refractivity contribution in [1.82, 2.24) is 14.8 Å². The van der Waals surface area contributed by atoms with Crippen LogP contribution in [0.3, 0.4) is 0 Å². The van der Waals surface area contributed by atoms with Crippen molar-refractivity contribution in [3.63, 3.8) is 0 Å². The van der Waals surface area contributed by atoms with Gasteiger partial charge in [0.2, 0.25) is 0 Å². The number of nitrogens with one attached hydrogen (secondary N) is 1. The Kier molecular flexibility index (Phi) is 4.58. The van der Waals surface area contributed by atoms with Crippen LogP contribution in [-0.4, -0.2) is 48.9 Å². The van der Waals surface area contributed by atoms with Crippen molar-refractivity contribution in [2.75, 3.05) is 33.3 Å². The van der Waals surface area contributed by atoms with Crippen molar-refractivity contribution in [3.05, 3.63) is 36.0 Å². The normalized spacial score (nSPS) is 20.2. The fourth-order valence-corrected chi connectivity index (χ4v) is 2.98. The lowest BCUT2D eigenvalue weighted by Gasteiger charge is -2.30. The summed E-state index contributed by atoms with van der Waals surface area (Å²) < 4.78 is 8.19. The highest BCUT2D eigenvalue weighted by molar-refractivity contribution is 5.80. The molecule has 0 aliphatic carbocycles. The summed E-state index contributed by atoms with van der Waals surface area (Å²) in [6, 6.07) is 8.93. The van der Waals surface area contributed by atoms with Gasteiger partial charge in [0.1, 0.15) is 0 Å². The predicted octanol–water partition coefficient (Wildman–Crippen LogP) is 2.08. The molecule has 1 fully saturated rings. The van der Waals surface area contributed by atoms with Gasteiger partial charge in [0.15, 0.2) is 0 Å². The Morgan fingerprint density at radius 1 is 1.33 bits per heavy atom. The van der Waals surface area contributed by atoms with Gasteiger partial charge < -0.3 is 19.5 Å². The van der Waals surface area contributed by atoms with Gasteiger partial charge in [-0.2, -0.15) is 0 Å². The fourth-order valence-electron chi connectivity index (χ4n) is 2.98. The standard InChI is InChI=1S/C17H25N3O/c1-3-18-11-14-4-5-17-15(10-14)6-7-20(17)13-16-12-19(2)8-9-21-16/h4-7,10,16,18H,3,8-9,11-13H2,1-2H3. The van der Waals surface area contributed by atoms with Crippen molar-refractivity contribution >= 4 is 10.9 Å². The number of fused-ring (bicyclic) bond motifs is 1. The third-order valence-electron chi connectivity index (χ3n) is 4.16. The first-order valence-electron chi connectivity index (χ1n) is 7.85. The molecule has 1 unspecified atom stereocenters. The average Bonchev–Trinajstić information content (AvgIpc) is 2.87. The number of aromatic nitrogens is 1. The van der Waals surface area contributed by atoms with Crippen LogP contribution in [0.5, 0.6) is 0 Å². The summed E-state index contributed by atoms with van der Waals surface area (Å²) in [7, 11) is 2.16. The Morgan fingerprint density at radius 2 is 2.24 bits per heavy atom. The van der Waals surface area contributed by atoms with E-state index in [9.17, 15) is 0 Å². The molecule has 1 aromatic heterocycles. The summed E-state index contributed by atoms with van der Waals surface area (Å²) in [6.45, 7) is 7.90. The molecular formula is C17H25N3O. The van der Waals surface area contributed by atoms with Crippen LogP contribution >= 0.6 is 0 Å². The second kappa shape index (κ2) is 6.60. The quantitative estimate of drug-likeness (QED) is 0.913. The molecule has 2 heterocycles. The van der Waals surface area contributed by atoms with Crippen LogP contribution in [0, 0.1) is 0 Å². The first-order valence-corrected chi connectivity index (χ1v) is 7.85. The van der Waals surface area contributed by atoms with Gasteiger partial charge in [0.25, 0.3) is 0 Å². The molecular weight excluding hydrogens is 262 g/mol. The molecule has 1 N–H and O–H groups in total. The fraction of sp³-hybridized carbons (Fsp3) is 0.529. The first kappa shape index (κ1) is 14.6. The molecule has 4 nitrogen and oxygen atoms in total. The second-order valence-electron chi connectivity index (χ2n) is 5.90. The third-order valence-corrected chi connectivity index (χ3v) is 4.16. The summed E-state index contributed by atoms with van der Waals surface area (Å²) in [6.07, 6.45) is 2.47. The molecule has 0 radical (unpaired) electrons. The van der Waals surface area contributed by atoms with E-state index >= 15 is 0 Å². The molecule has 1 aliphatic heterocycles. The van der Waals surface area contributed by atoms with Gasteiger partial charge >= 0.3 is 0 Å². The lowest BCUT2D eigenvalue weighted by molar-refractivity contribution is -0.0269. The van der Waals surface area contributed by atoms with Crippen molar-refractivity contribution in [3.8, 4) is 0 Å². The summed E-state index contributed by atoms with van der Waals surface area (Å²) in [5, 5.41) is 4.69. The van der Waals surface area contributed by atoms with Crippen LogP contribution in [0.4, 0.5) is 0 Å². The lowest BCUT2D eigenvalue weighted by Crippen LogP contribution is -2.41. The Hall–Kier alpha value is -1.36. The molecule has 21 heavy (non-hydrogen) atoms. The number of benzene rings is 1. The van der Waals surface area contributed by atoms with Gasteiger partial charge in [-0.25, -0.2) is 0 Å². The van der Waals surface area contributed by atoms with Crippen LogP contribution in [0.25, 0.3) is 10.9 Å². The largest absolute Gasteiger partial charge is 0.374 e. The van der Waals surface area contributed by atoms with Gasteiger partial charge in [-0.05, 0) is 42.7 Å². The topological polar surface area (TPSA) is 29.4 Å². The van der Waals surface area contributed by atoms with E-state index in [1.54, 1.807) is 0 Å². The zero-order valence-electron chi connectivity index (χ0n) is 13.0. The van der Waals surface area contributed by atoms with E-state index < -0.39 is 0 Å². The van der Waals surface area contributed by atoms with E-state index in [0.717, 1.165) is 39.3 Å². The minimum Gasteiger partial charge on any atom is -0.374 e. The summed E-state index contributed by atoms with van der Waals surface area (Å²) in [5.74, 6) is 0. The molecule has 0 spiro atoms. The van der Waals surface area contributed by atoms with E-state index in [1.165, 1.54) is 16.5 Å². The maximum atomic E-state index is 5.87. The summed E-state index contributed by atoms with van der Waals surface area (Å²) >= 11 is 0. The number of rotatable bonds is 5. The number of hydrogen-bond donors (Lipinski definition) is 1. The molecule has 1 saturated heterocycles. The molecule has 1 aliphatic rings. The second-order valence-corrected chi connectivity index (χ2v) is 5.90. The first-order chi connectivity index (χ1) is 10.3. The summed E-state index contributed by atoms with van der Waals surface area (Å²) in [4.78, 5) is 2.34. The molecule has 0 amide bonds. The maximum absolute atomic E-state index is 5.87. The smallest absolute Gasteiger partial charge is 0.0881 e. The van der Waals surface area contributed by atoms with Crippen molar-refractivity contribution in [2.24, 2.45) is 0 Å². The predicted molar refractivity (Wildman–Crippen MR) is 86.6 cm³/mol. The highest BCUT2D eigenvalue weighted by Crippen LogP contribution is 2.19.